The summed E-state index contributed by atoms with van der Waals surface area (Å²) in [4.78, 5) is 14.5. The number of benzene rings is 3. The second kappa shape index (κ2) is 10.4. The van der Waals surface area contributed by atoms with E-state index in [2.05, 4.69) is 29.3 Å². The molecule has 1 aromatic heterocycles. The summed E-state index contributed by atoms with van der Waals surface area (Å²) in [5.74, 6) is 1.88. The maximum Gasteiger partial charge on any atom is 0.237 e. The van der Waals surface area contributed by atoms with Crippen molar-refractivity contribution in [1.29, 1.82) is 0 Å². The molecule has 6 nitrogen and oxygen atoms in total. The van der Waals surface area contributed by atoms with Crippen molar-refractivity contribution in [3.8, 4) is 11.4 Å². The Morgan fingerprint density at radius 1 is 0.971 bits per heavy atom. The van der Waals surface area contributed by atoms with Crippen LogP contribution >= 0.6 is 11.8 Å². The average Bonchev–Trinajstić information content (AvgIpc) is 3.56. The van der Waals surface area contributed by atoms with Gasteiger partial charge in [0.1, 0.15) is 12.4 Å². The largest absolute Gasteiger partial charge is 0.485 e. The second-order valence-electron chi connectivity index (χ2n) is 8.63. The lowest BCUT2D eigenvalue weighted by Gasteiger charge is -2.17. The molecule has 35 heavy (non-hydrogen) atoms. The fourth-order valence-corrected chi connectivity index (χ4v) is 5.36. The molecule has 1 amide bonds. The molecule has 0 fully saturated rings. The van der Waals surface area contributed by atoms with E-state index in [1.165, 1.54) is 34.9 Å². The van der Waals surface area contributed by atoms with Gasteiger partial charge in [-0.25, -0.2) is 0 Å². The highest BCUT2D eigenvalue weighted by Crippen LogP contribution is 2.33. The molecule has 1 aliphatic carbocycles. The van der Waals surface area contributed by atoms with Crippen LogP contribution in [0, 0.1) is 6.92 Å². The van der Waals surface area contributed by atoms with Crippen LogP contribution in [0.3, 0.4) is 0 Å². The van der Waals surface area contributed by atoms with E-state index in [0.717, 1.165) is 30.0 Å². The smallest absolute Gasteiger partial charge is 0.237 e. The second-order valence-corrected chi connectivity index (χ2v) is 9.57. The summed E-state index contributed by atoms with van der Waals surface area (Å²) in [5, 5.41) is 9.53. The first-order chi connectivity index (χ1) is 17.1. The first kappa shape index (κ1) is 23.2. The molecule has 178 valence electrons. The molecule has 0 atom stereocenters. The van der Waals surface area contributed by atoms with Crippen molar-refractivity contribution in [2.45, 2.75) is 37.9 Å². The SMILES string of the molecule is Cc1ccc(OCc2nnc(SCC(=O)N(C)c3ccccc3)n2-c2ccccc2)c2c1CCC2. The quantitative estimate of drug-likeness (QED) is 0.314. The van der Waals surface area contributed by atoms with Crippen molar-refractivity contribution in [2.75, 3.05) is 17.7 Å². The monoisotopic (exact) mass is 484 g/mol. The molecular weight excluding hydrogens is 456 g/mol. The normalized spacial score (nSPS) is 12.4. The van der Waals surface area contributed by atoms with E-state index in [1.54, 1.807) is 11.9 Å². The van der Waals surface area contributed by atoms with Crippen molar-refractivity contribution in [2.24, 2.45) is 0 Å². The Morgan fingerprint density at radius 2 is 1.69 bits per heavy atom. The van der Waals surface area contributed by atoms with Crippen LogP contribution in [0.15, 0.2) is 78.0 Å². The van der Waals surface area contributed by atoms with E-state index < -0.39 is 0 Å². The van der Waals surface area contributed by atoms with Crippen LogP contribution in [0.5, 0.6) is 5.75 Å². The third-order valence-corrected chi connectivity index (χ3v) is 7.30. The highest BCUT2D eigenvalue weighted by atomic mass is 32.2. The molecule has 5 rings (SSSR count). The van der Waals surface area contributed by atoms with E-state index >= 15 is 0 Å². The zero-order chi connectivity index (χ0) is 24.2. The lowest BCUT2D eigenvalue weighted by atomic mass is 10.0. The Kier molecular flexibility index (Phi) is 6.86. The summed E-state index contributed by atoms with van der Waals surface area (Å²) in [6.07, 6.45) is 3.34. The fraction of sp³-hybridized carbons (Fsp3) is 0.250. The maximum atomic E-state index is 12.8. The predicted molar refractivity (Wildman–Crippen MR) is 139 cm³/mol. The Balaban J connectivity index is 1.36. The Labute approximate surface area is 210 Å². The number of nitrogens with zero attached hydrogens (tertiary/aromatic N) is 4. The summed E-state index contributed by atoms with van der Waals surface area (Å²) < 4.78 is 8.26. The van der Waals surface area contributed by atoms with Gasteiger partial charge >= 0.3 is 0 Å². The topological polar surface area (TPSA) is 60.3 Å². The molecule has 7 heteroatoms. The number of hydrogen-bond acceptors (Lipinski definition) is 5. The summed E-state index contributed by atoms with van der Waals surface area (Å²) in [6.45, 7) is 2.47. The van der Waals surface area contributed by atoms with Crippen molar-refractivity contribution < 1.29 is 9.53 Å². The van der Waals surface area contributed by atoms with Crippen LogP contribution < -0.4 is 9.64 Å². The van der Waals surface area contributed by atoms with Crippen LogP contribution in [0.1, 0.15) is 28.9 Å². The first-order valence-electron chi connectivity index (χ1n) is 11.8. The molecule has 1 heterocycles. The van der Waals surface area contributed by atoms with Gasteiger partial charge in [-0.1, -0.05) is 54.2 Å². The van der Waals surface area contributed by atoms with Crippen molar-refractivity contribution in [3.63, 3.8) is 0 Å². The number of carbonyl (C=O) groups is 1. The minimum Gasteiger partial charge on any atom is -0.485 e. The molecular formula is C28H28N4O2S. The third kappa shape index (κ3) is 4.95. The lowest BCUT2D eigenvalue weighted by Crippen LogP contribution is -2.27. The number of fused-ring (bicyclic) bond motifs is 1. The summed E-state index contributed by atoms with van der Waals surface area (Å²) in [7, 11) is 1.79. The van der Waals surface area contributed by atoms with E-state index in [0.29, 0.717) is 17.6 Å². The molecule has 4 aromatic rings. The highest BCUT2D eigenvalue weighted by Gasteiger charge is 2.21. The van der Waals surface area contributed by atoms with Crippen LogP contribution in [-0.2, 0) is 24.2 Å². The number of para-hydroxylation sites is 2. The number of hydrogen-bond donors (Lipinski definition) is 0. The minimum absolute atomic E-state index is 0.00294. The Bertz CT molecular complexity index is 1320. The van der Waals surface area contributed by atoms with E-state index in [-0.39, 0.29) is 11.7 Å². The van der Waals surface area contributed by atoms with Gasteiger partial charge in [-0.05, 0) is 73.2 Å². The summed E-state index contributed by atoms with van der Waals surface area (Å²) in [5.41, 5.74) is 5.88. The van der Waals surface area contributed by atoms with Gasteiger partial charge in [0, 0.05) is 18.4 Å². The molecule has 3 aromatic carbocycles. The van der Waals surface area contributed by atoms with E-state index in [1.807, 2.05) is 65.2 Å². The van der Waals surface area contributed by atoms with Crippen LogP contribution in [0.2, 0.25) is 0 Å². The van der Waals surface area contributed by atoms with E-state index in [9.17, 15) is 4.79 Å². The molecule has 0 N–H and O–H groups in total. The van der Waals surface area contributed by atoms with Crippen LogP contribution in [-0.4, -0.2) is 33.5 Å². The predicted octanol–water partition coefficient (Wildman–Crippen LogP) is 5.40. The number of aromatic nitrogens is 3. The maximum absolute atomic E-state index is 12.8. The van der Waals surface area contributed by atoms with Gasteiger partial charge in [-0.15, -0.1) is 10.2 Å². The van der Waals surface area contributed by atoms with Gasteiger partial charge < -0.3 is 9.64 Å². The lowest BCUT2D eigenvalue weighted by molar-refractivity contribution is -0.115. The molecule has 0 spiro atoms. The van der Waals surface area contributed by atoms with Gasteiger partial charge in [-0.2, -0.15) is 0 Å². The van der Waals surface area contributed by atoms with E-state index in [4.69, 9.17) is 4.74 Å². The van der Waals surface area contributed by atoms with Crippen molar-refractivity contribution in [3.05, 3.63) is 95.3 Å². The molecule has 0 aliphatic heterocycles. The zero-order valence-electron chi connectivity index (χ0n) is 20.0. The van der Waals surface area contributed by atoms with Gasteiger partial charge in [0.2, 0.25) is 5.91 Å². The van der Waals surface area contributed by atoms with Crippen LogP contribution in [0.4, 0.5) is 5.69 Å². The summed E-state index contributed by atoms with van der Waals surface area (Å²) >= 11 is 1.38. The Morgan fingerprint density at radius 3 is 2.46 bits per heavy atom. The van der Waals surface area contributed by atoms with Gasteiger partial charge in [0.25, 0.3) is 0 Å². The Hall–Kier alpha value is -3.58. The number of thioether (sulfide) groups is 1. The van der Waals surface area contributed by atoms with Gasteiger partial charge in [0.05, 0.1) is 5.75 Å². The number of anilines is 1. The minimum atomic E-state index is -0.00294. The number of aryl methyl sites for hydroxylation is 1. The highest BCUT2D eigenvalue weighted by molar-refractivity contribution is 7.99. The fourth-order valence-electron chi connectivity index (χ4n) is 4.47. The molecule has 0 bridgehead atoms. The number of ether oxygens (including phenoxy) is 1. The number of amides is 1. The number of rotatable bonds is 8. The third-order valence-electron chi connectivity index (χ3n) is 6.39. The van der Waals surface area contributed by atoms with Crippen molar-refractivity contribution >= 4 is 23.4 Å². The zero-order valence-corrected chi connectivity index (χ0v) is 20.8. The molecule has 1 aliphatic rings. The molecule has 0 unspecified atom stereocenters. The molecule has 0 saturated heterocycles. The number of carbonyl (C=O) groups excluding carboxylic acids is 1. The summed E-state index contributed by atoms with van der Waals surface area (Å²) in [6, 6.07) is 23.8. The average molecular weight is 485 g/mol. The van der Waals surface area contributed by atoms with Crippen molar-refractivity contribution in [1.82, 2.24) is 14.8 Å². The van der Waals surface area contributed by atoms with Crippen LogP contribution in [0.25, 0.3) is 5.69 Å². The molecule has 0 radical (unpaired) electrons. The van der Waals surface area contributed by atoms with Gasteiger partial charge in [-0.3, -0.25) is 9.36 Å². The first-order valence-corrected chi connectivity index (χ1v) is 12.8. The molecule has 0 saturated carbocycles. The van der Waals surface area contributed by atoms with Gasteiger partial charge in [0.15, 0.2) is 11.0 Å². The standard InChI is InChI=1S/C28H28N4O2S/c1-20-16-17-25(24-15-9-14-23(20)24)34-18-26-29-30-28(32(26)22-12-7-4-8-13-22)35-19-27(33)31(2)21-10-5-3-6-11-21/h3-8,10-13,16-17H,9,14-15,18-19H2,1-2H3.